The van der Waals surface area contributed by atoms with Gasteiger partial charge in [0.15, 0.2) is 0 Å². The third-order valence-corrected chi connectivity index (χ3v) is 5.91. The van der Waals surface area contributed by atoms with Gasteiger partial charge in [-0.3, -0.25) is 14.1 Å². The first-order valence-corrected chi connectivity index (χ1v) is 12.8. The van der Waals surface area contributed by atoms with Gasteiger partial charge in [-0.2, -0.15) is 0 Å². The summed E-state index contributed by atoms with van der Waals surface area (Å²) in [6.07, 6.45) is 3.02. The summed E-state index contributed by atoms with van der Waals surface area (Å²) < 4.78 is 15.0. The predicted molar refractivity (Wildman–Crippen MR) is 129 cm³/mol. The fourth-order valence-electron chi connectivity index (χ4n) is 3.64. The Morgan fingerprint density at radius 2 is 1.60 bits per heavy atom. The number of fused-ring (bicyclic) bond motifs is 2. The second-order valence-electron chi connectivity index (χ2n) is 7.99. The van der Waals surface area contributed by atoms with Crippen LogP contribution in [-0.2, 0) is 57.9 Å². The van der Waals surface area contributed by atoms with Gasteiger partial charge in [0.1, 0.15) is 0 Å². The second kappa shape index (κ2) is 14.7. The zero-order valence-corrected chi connectivity index (χ0v) is 23.2. The van der Waals surface area contributed by atoms with E-state index in [0.29, 0.717) is 19.5 Å². The van der Waals surface area contributed by atoms with Gasteiger partial charge in [-0.1, -0.05) is 55.0 Å². The molecular formula is C25H29N2O6PY. The molecule has 0 aromatic heterocycles. The van der Waals surface area contributed by atoms with Crippen molar-refractivity contribution in [3.63, 3.8) is 0 Å². The molecule has 2 amide bonds. The summed E-state index contributed by atoms with van der Waals surface area (Å²) in [6, 6.07) is 15.3. The first kappa shape index (κ1) is 29.4. The number of para-hydroxylation sites is 1. The summed E-state index contributed by atoms with van der Waals surface area (Å²) in [5.74, 6) is 6.03. The van der Waals surface area contributed by atoms with Crippen LogP contribution in [0.1, 0.15) is 55.2 Å². The number of nitrogens with zero attached hydrogens (tertiary/aromatic N) is 1. The molecule has 0 aliphatic carbocycles. The molecule has 2 aromatic carbocycles. The zero-order chi connectivity index (χ0) is 24.4. The normalized spacial score (nSPS) is 12.1. The van der Waals surface area contributed by atoms with Crippen molar-refractivity contribution in [3.05, 3.63) is 65.2 Å². The van der Waals surface area contributed by atoms with Gasteiger partial charge in [0, 0.05) is 63.2 Å². The van der Waals surface area contributed by atoms with Gasteiger partial charge >= 0.3 is 7.82 Å². The maximum Gasteiger partial charge on any atom is 0.469 e. The number of hydrogen-bond donors (Lipinski definition) is 3. The van der Waals surface area contributed by atoms with Crippen LogP contribution in [0, 0.1) is 11.8 Å². The van der Waals surface area contributed by atoms with E-state index in [4.69, 9.17) is 9.79 Å². The number of carbonyl (C=O) groups is 2. The number of benzene rings is 2. The third kappa shape index (κ3) is 9.97. The van der Waals surface area contributed by atoms with Gasteiger partial charge in [-0.25, -0.2) is 4.57 Å². The minimum atomic E-state index is -4.40. The van der Waals surface area contributed by atoms with Crippen molar-refractivity contribution < 1.29 is 61.2 Å². The Labute approximate surface area is 230 Å². The smallest absolute Gasteiger partial charge is 0.356 e. The molecule has 3 N–H and O–H groups in total. The number of hydrogen-bond acceptors (Lipinski definition) is 4. The summed E-state index contributed by atoms with van der Waals surface area (Å²) in [5.41, 5.74) is 3.38. The number of unbranched alkanes of at least 4 members (excludes halogenated alkanes) is 3. The van der Waals surface area contributed by atoms with E-state index < -0.39 is 7.82 Å². The van der Waals surface area contributed by atoms with Crippen molar-refractivity contribution >= 4 is 25.3 Å². The van der Waals surface area contributed by atoms with Gasteiger partial charge in [-0.05, 0) is 36.6 Å². The molecule has 0 unspecified atom stereocenters. The van der Waals surface area contributed by atoms with E-state index in [-0.39, 0.29) is 64.0 Å². The number of rotatable bonds is 11. The number of amides is 2. The van der Waals surface area contributed by atoms with Crippen LogP contribution in [0.3, 0.4) is 0 Å². The molecule has 0 spiro atoms. The van der Waals surface area contributed by atoms with E-state index >= 15 is 0 Å². The number of anilines is 1. The molecule has 2 aromatic rings. The zero-order valence-electron chi connectivity index (χ0n) is 19.5. The fraction of sp³-hybridized carbons (Fsp3) is 0.360. The molecule has 1 aliphatic rings. The van der Waals surface area contributed by atoms with Crippen LogP contribution in [0.5, 0.6) is 0 Å². The molecule has 183 valence electrons. The standard InChI is InChI=1S/C25H29N2O6P.Y/c28-24(26-17-7-1-2-8-18-33-34(30,31)32)15-16-25(29)27-19-22-11-4-3-9-20(22)13-14-21-10-5-6-12-23(21)27;/h3-6,9-12H,1-2,7-8,15-19H2,(H,26,28)(H2,30,31,32);. The number of phosphoric acid groups is 1. The summed E-state index contributed by atoms with van der Waals surface area (Å²) in [5, 5.41) is 2.83. The van der Waals surface area contributed by atoms with Gasteiger partial charge in [-0.15, -0.1) is 0 Å². The van der Waals surface area contributed by atoms with Crippen LogP contribution in [0.2, 0.25) is 0 Å². The monoisotopic (exact) mass is 573 g/mol. The number of nitrogens with one attached hydrogen (secondary N) is 1. The fourth-order valence-corrected chi connectivity index (χ4v) is 4.01. The Morgan fingerprint density at radius 3 is 2.37 bits per heavy atom. The van der Waals surface area contributed by atoms with E-state index in [2.05, 4.69) is 21.7 Å². The van der Waals surface area contributed by atoms with E-state index in [1.54, 1.807) is 4.90 Å². The minimum Gasteiger partial charge on any atom is -0.356 e. The van der Waals surface area contributed by atoms with E-state index in [0.717, 1.165) is 41.6 Å². The Bertz CT molecular complexity index is 1120. The average Bonchev–Trinajstić information content (AvgIpc) is 2.80. The minimum absolute atomic E-state index is 0. The summed E-state index contributed by atoms with van der Waals surface area (Å²) in [6.45, 7) is 0.893. The van der Waals surface area contributed by atoms with E-state index in [1.165, 1.54) is 0 Å². The SMILES string of the molecule is O=C(CCC(=O)N1Cc2ccccc2C#Cc2ccccc21)NCCCCCCOP(=O)(O)O.[Y]. The quantitative estimate of drug-likeness (QED) is 0.215. The Balaban J connectivity index is 0.00000432. The van der Waals surface area contributed by atoms with Crippen LogP contribution in [-0.4, -0.2) is 34.8 Å². The van der Waals surface area contributed by atoms with E-state index in [1.807, 2.05) is 48.5 Å². The summed E-state index contributed by atoms with van der Waals surface area (Å²) in [7, 11) is -4.40. The molecule has 0 saturated carbocycles. The predicted octanol–water partition coefficient (Wildman–Crippen LogP) is 3.50. The van der Waals surface area contributed by atoms with Gasteiger partial charge < -0.3 is 20.0 Å². The largest absolute Gasteiger partial charge is 0.469 e. The Morgan fingerprint density at radius 1 is 0.943 bits per heavy atom. The van der Waals surface area contributed by atoms with Crippen LogP contribution in [0.4, 0.5) is 5.69 Å². The molecular weight excluding hydrogens is 544 g/mol. The molecule has 1 radical (unpaired) electrons. The molecule has 0 atom stereocenters. The molecule has 1 heterocycles. The van der Waals surface area contributed by atoms with Crippen LogP contribution < -0.4 is 10.2 Å². The van der Waals surface area contributed by atoms with Crippen molar-refractivity contribution in [2.24, 2.45) is 0 Å². The molecule has 3 rings (SSSR count). The van der Waals surface area contributed by atoms with Gasteiger partial charge in [0.25, 0.3) is 0 Å². The van der Waals surface area contributed by atoms with E-state index in [9.17, 15) is 14.2 Å². The summed E-state index contributed by atoms with van der Waals surface area (Å²) in [4.78, 5) is 44.3. The third-order valence-electron chi connectivity index (χ3n) is 5.39. The van der Waals surface area contributed by atoms with Crippen molar-refractivity contribution in [1.82, 2.24) is 5.32 Å². The molecule has 0 bridgehead atoms. The van der Waals surface area contributed by atoms with Gasteiger partial charge in [0.05, 0.1) is 18.8 Å². The number of phosphoric ester groups is 1. The molecule has 1 aliphatic heterocycles. The van der Waals surface area contributed by atoms with Crippen LogP contribution >= 0.6 is 7.82 Å². The summed E-state index contributed by atoms with van der Waals surface area (Å²) >= 11 is 0. The van der Waals surface area contributed by atoms with Crippen LogP contribution in [0.25, 0.3) is 0 Å². The molecule has 0 fully saturated rings. The van der Waals surface area contributed by atoms with Crippen molar-refractivity contribution in [3.8, 4) is 11.8 Å². The topological polar surface area (TPSA) is 116 Å². The molecule has 35 heavy (non-hydrogen) atoms. The maximum absolute atomic E-state index is 13.1. The van der Waals surface area contributed by atoms with Crippen molar-refractivity contribution in [2.45, 2.75) is 45.1 Å². The molecule has 8 nitrogen and oxygen atoms in total. The average molecular weight is 573 g/mol. The molecule has 10 heteroatoms. The maximum atomic E-state index is 13.1. The first-order chi connectivity index (χ1) is 16.3. The Kier molecular flexibility index (Phi) is 12.3. The van der Waals surface area contributed by atoms with Crippen molar-refractivity contribution in [2.75, 3.05) is 18.1 Å². The number of carbonyl (C=O) groups excluding carboxylic acids is 2. The first-order valence-electron chi connectivity index (χ1n) is 11.3. The van der Waals surface area contributed by atoms with Crippen LogP contribution in [0.15, 0.2) is 48.5 Å². The molecule has 0 saturated heterocycles. The second-order valence-corrected chi connectivity index (χ2v) is 9.23. The van der Waals surface area contributed by atoms with Crippen molar-refractivity contribution in [1.29, 1.82) is 0 Å². The van der Waals surface area contributed by atoms with Gasteiger partial charge in [0.2, 0.25) is 11.8 Å². The Hall–Kier alpha value is -1.85.